The fraction of sp³-hybridized carbons (Fsp3) is 0.571. The summed E-state index contributed by atoms with van der Waals surface area (Å²) in [6.07, 6.45) is 2.50. The largest absolute Gasteiger partial charge is 0.0648 e. The van der Waals surface area contributed by atoms with Crippen molar-refractivity contribution in [1.82, 2.24) is 0 Å². The second-order valence-electron chi connectivity index (χ2n) is 4.49. The van der Waals surface area contributed by atoms with E-state index in [9.17, 15) is 0 Å². The second-order valence-corrected chi connectivity index (χ2v) is 4.49. The highest BCUT2D eigenvalue weighted by Gasteiger charge is 2.27. The van der Waals surface area contributed by atoms with Gasteiger partial charge in [-0.3, -0.25) is 0 Å². The third-order valence-electron chi connectivity index (χ3n) is 3.96. The lowest BCUT2D eigenvalue weighted by Crippen LogP contribution is -2.21. The average molecular weight is 190 g/mol. The third-order valence-corrected chi connectivity index (χ3v) is 3.96. The van der Waals surface area contributed by atoms with Crippen molar-refractivity contribution in [3.8, 4) is 0 Å². The highest BCUT2D eigenvalue weighted by Crippen LogP contribution is 2.40. The van der Waals surface area contributed by atoms with Crippen molar-refractivity contribution in [2.45, 2.75) is 46.5 Å². The van der Waals surface area contributed by atoms with E-state index in [0.29, 0.717) is 11.3 Å². The summed E-state index contributed by atoms with van der Waals surface area (Å²) in [6.45, 7) is 9.33. The van der Waals surface area contributed by atoms with Crippen LogP contribution in [-0.2, 0) is 0 Å². The molecule has 0 aliphatic rings. The van der Waals surface area contributed by atoms with Crippen LogP contribution in [0.15, 0.2) is 30.3 Å². The lowest BCUT2D eigenvalue weighted by atomic mass is 9.71. The van der Waals surface area contributed by atoms with Gasteiger partial charge in [-0.25, -0.2) is 0 Å². The van der Waals surface area contributed by atoms with Gasteiger partial charge in [-0.05, 0) is 16.9 Å². The first-order chi connectivity index (χ1) is 6.64. The summed E-state index contributed by atoms with van der Waals surface area (Å²) in [5.74, 6) is 0.652. The first-order valence-corrected chi connectivity index (χ1v) is 5.69. The molecular formula is C14H22. The zero-order valence-corrected chi connectivity index (χ0v) is 9.88. The molecule has 0 radical (unpaired) electrons. The van der Waals surface area contributed by atoms with Gasteiger partial charge in [0.05, 0.1) is 0 Å². The van der Waals surface area contributed by atoms with E-state index in [4.69, 9.17) is 0 Å². The zero-order chi connectivity index (χ0) is 10.6. The Kier molecular flexibility index (Phi) is 3.74. The molecule has 0 unspecified atom stereocenters. The van der Waals surface area contributed by atoms with Crippen LogP contribution in [-0.4, -0.2) is 0 Å². The average Bonchev–Trinajstić information content (AvgIpc) is 2.28. The van der Waals surface area contributed by atoms with Gasteiger partial charge in [0, 0.05) is 0 Å². The molecule has 1 aromatic rings. The molecule has 14 heavy (non-hydrogen) atoms. The van der Waals surface area contributed by atoms with Crippen molar-refractivity contribution in [2.75, 3.05) is 0 Å². The van der Waals surface area contributed by atoms with Crippen LogP contribution < -0.4 is 0 Å². The standard InChI is InChI=1S/C14H22/c1-5-14(4,6-2)12(3)13-10-8-7-9-11-13/h7-12H,5-6H2,1-4H3/t12-/m0/s1. The number of rotatable bonds is 4. The van der Waals surface area contributed by atoms with E-state index in [2.05, 4.69) is 58.0 Å². The molecule has 0 heteroatoms. The monoisotopic (exact) mass is 190 g/mol. The van der Waals surface area contributed by atoms with E-state index < -0.39 is 0 Å². The zero-order valence-electron chi connectivity index (χ0n) is 9.88. The van der Waals surface area contributed by atoms with Gasteiger partial charge >= 0.3 is 0 Å². The summed E-state index contributed by atoms with van der Waals surface area (Å²) in [6, 6.07) is 10.9. The van der Waals surface area contributed by atoms with Gasteiger partial charge < -0.3 is 0 Å². The lowest BCUT2D eigenvalue weighted by Gasteiger charge is -2.34. The van der Waals surface area contributed by atoms with Gasteiger partial charge in [0.25, 0.3) is 0 Å². The Hall–Kier alpha value is -0.780. The second kappa shape index (κ2) is 4.63. The molecule has 0 nitrogen and oxygen atoms in total. The van der Waals surface area contributed by atoms with Crippen LogP contribution in [0.5, 0.6) is 0 Å². The van der Waals surface area contributed by atoms with Crippen LogP contribution >= 0.6 is 0 Å². The SMILES string of the molecule is CCC(C)(CC)[C@@H](C)c1ccccc1. The van der Waals surface area contributed by atoms with Crippen molar-refractivity contribution >= 4 is 0 Å². The van der Waals surface area contributed by atoms with E-state index in [1.54, 1.807) is 0 Å². The van der Waals surface area contributed by atoms with Crippen LogP contribution in [0.4, 0.5) is 0 Å². The molecule has 0 heterocycles. The van der Waals surface area contributed by atoms with Crippen LogP contribution in [0.1, 0.15) is 52.0 Å². The van der Waals surface area contributed by atoms with Gasteiger partial charge in [-0.2, -0.15) is 0 Å². The summed E-state index contributed by atoms with van der Waals surface area (Å²) in [5.41, 5.74) is 1.92. The quantitative estimate of drug-likeness (QED) is 0.650. The number of hydrogen-bond acceptors (Lipinski definition) is 0. The topological polar surface area (TPSA) is 0 Å². The normalized spacial score (nSPS) is 14.0. The fourth-order valence-corrected chi connectivity index (χ4v) is 2.01. The number of hydrogen-bond donors (Lipinski definition) is 0. The molecule has 0 fully saturated rings. The van der Waals surface area contributed by atoms with Gasteiger partial charge in [-0.15, -0.1) is 0 Å². The molecular weight excluding hydrogens is 168 g/mol. The maximum Gasteiger partial charge on any atom is -0.0137 e. The first-order valence-electron chi connectivity index (χ1n) is 5.69. The molecule has 0 bridgehead atoms. The van der Waals surface area contributed by atoms with Crippen molar-refractivity contribution in [3.63, 3.8) is 0 Å². The molecule has 0 amide bonds. The van der Waals surface area contributed by atoms with E-state index in [0.717, 1.165) is 0 Å². The maximum absolute atomic E-state index is 2.39. The summed E-state index contributed by atoms with van der Waals surface area (Å²) < 4.78 is 0. The molecule has 1 aromatic carbocycles. The molecule has 0 N–H and O–H groups in total. The summed E-state index contributed by atoms with van der Waals surface area (Å²) >= 11 is 0. The van der Waals surface area contributed by atoms with E-state index in [1.807, 2.05) is 0 Å². The van der Waals surface area contributed by atoms with E-state index in [-0.39, 0.29) is 0 Å². The van der Waals surface area contributed by atoms with Crippen molar-refractivity contribution in [3.05, 3.63) is 35.9 Å². The van der Waals surface area contributed by atoms with Crippen molar-refractivity contribution in [2.24, 2.45) is 5.41 Å². The molecule has 78 valence electrons. The van der Waals surface area contributed by atoms with Crippen molar-refractivity contribution in [1.29, 1.82) is 0 Å². The van der Waals surface area contributed by atoms with Gasteiger partial charge in [0.1, 0.15) is 0 Å². The minimum absolute atomic E-state index is 0.446. The summed E-state index contributed by atoms with van der Waals surface area (Å²) in [7, 11) is 0. The molecule has 0 aliphatic carbocycles. The highest BCUT2D eigenvalue weighted by atomic mass is 14.3. The van der Waals surface area contributed by atoms with Gasteiger partial charge in [-0.1, -0.05) is 70.9 Å². The predicted molar refractivity (Wildman–Crippen MR) is 63.5 cm³/mol. The highest BCUT2D eigenvalue weighted by molar-refractivity contribution is 5.20. The van der Waals surface area contributed by atoms with Gasteiger partial charge in [0.15, 0.2) is 0 Å². The Morgan fingerprint density at radius 1 is 1.07 bits per heavy atom. The van der Waals surface area contributed by atoms with Crippen LogP contribution in [0.2, 0.25) is 0 Å². The Morgan fingerprint density at radius 2 is 1.57 bits per heavy atom. The van der Waals surface area contributed by atoms with Crippen molar-refractivity contribution < 1.29 is 0 Å². The minimum atomic E-state index is 0.446. The smallest absolute Gasteiger partial charge is 0.0137 e. The minimum Gasteiger partial charge on any atom is -0.0648 e. The Labute approximate surface area is 88.4 Å². The molecule has 1 rings (SSSR count). The number of benzene rings is 1. The molecule has 0 aromatic heterocycles. The molecule has 1 atom stereocenters. The summed E-state index contributed by atoms with van der Waals surface area (Å²) in [5, 5.41) is 0. The maximum atomic E-state index is 2.39. The van der Waals surface area contributed by atoms with E-state index in [1.165, 1.54) is 18.4 Å². The summed E-state index contributed by atoms with van der Waals surface area (Å²) in [4.78, 5) is 0. The predicted octanol–water partition coefficient (Wildman–Crippen LogP) is 4.62. The van der Waals surface area contributed by atoms with Crippen LogP contribution in [0.3, 0.4) is 0 Å². The Balaban J connectivity index is 2.89. The first kappa shape index (κ1) is 11.3. The van der Waals surface area contributed by atoms with Crippen LogP contribution in [0.25, 0.3) is 0 Å². The van der Waals surface area contributed by atoms with E-state index >= 15 is 0 Å². The molecule has 0 spiro atoms. The lowest BCUT2D eigenvalue weighted by molar-refractivity contribution is 0.243. The Morgan fingerprint density at radius 3 is 2.00 bits per heavy atom. The molecule has 0 aliphatic heterocycles. The molecule has 0 saturated carbocycles. The molecule has 0 saturated heterocycles. The third kappa shape index (κ3) is 2.17. The van der Waals surface area contributed by atoms with Gasteiger partial charge in [0.2, 0.25) is 0 Å². The Bertz CT molecular complexity index is 257. The van der Waals surface area contributed by atoms with Crippen LogP contribution in [0, 0.1) is 5.41 Å². The fourth-order valence-electron chi connectivity index (χ4n) is 2.01.